The lowest BCUT2D eigenvalue weighted by atomic mass is 10.2. The second-order valence-electron chi connectivity index (χ2n) is 4.21. The summed E-state index contributed by atoms with van der Waals surface area (Å²) < 4.78 is 2.61. The molecular formula is C13H11ClN2OS. The van der Waals surface area contributed by atoms with E-state index in [-0.39, 0.29) is 11.6 Å². The molecule has 0 amide bonds. The van der Waals surface area contributed by atoms with Crippen LogP contribution in [0.2, 0.25) is 5.02 Å². The van der Waals surface area contributed by atoms with Gasteiger partial charge in [0.1, 0.15) is 0 Å². The Labute approximate surface area is 113 Å². The Morgan fingerprint density at radius 1 is 1.44 bits per heavy atom. The minimum absolute atomic E-state index is 0.0108. The molecule has 1 aromatic carbocycles. The predicted molar refractivity (Wildman–Crippen MR) is 77.1 cm³/mol. The molecule has 92 valence electrons. The zero-order valence-electron chi connectivity index (χ0n) is 9.68. The number of dihydropyridines is 1. The molecule has 1 aliphatic rings. The Bertz CT molecular complexity index is 726. The van der Waals surface area contributed by atoms with Crippen LogP contribution in [-0.4, -0.2) is 10.00 Å². The van der Waals surface area contributed by atoms with Crippen molar-refractivity contribution in [2.75, 3.05) is 0 Å². The van der Waals surface area contributed by atoms with Crippen molar-refractivity contribution in [3.05, 3.63) is 51.9 Å². The predicted octanol–water partition coefficient (Wildman–Crippen LogP) is 3.06. The molecule has 1 aliphatic heterocycles. The summed E-state index contributed by atoms with van der Waals surface area (Å²) in [5, 5.41) is 4.52. The second kappa shape index (κ2) is 4.30. The highest BCUT2D eigenvalue weighted by Gasteiger charge is 2.12. The largest absolute Gasteiger partial charge is 0.385 e. The summed E-state index contributed by atoms with van der Waals surface area (Å²) in [7, 11) is 0. The first-order valence-corrected chi connectivity index (χ1v) is 6.77. The summed E-state index contributed by atoms with van der Waals surface area (Å²) in [6.07, 6.45) is 5.79. The van der Waals surface area contributed by atoms with E-state index in [4.69, 9.17) is 11.6 Å². The van der Waals surface area contributed by atoms with Gasteiger partial charge in [0.25, 0.3) is 5.56 Å². The molecule has 0 aliphatic carbocycles. The van der Waals surface area contributed by atoms with E-state index in [1.165, 1.54) is 11.5 Å². The fraction of sp³-hybridized carbons (Fsp3) is 0.154. The van der Waals surface area contributed by atoms with Crippen molar-refractivity contribution in [2.45, 2.75) is 13.0 Å². The molecule has 1 unspecified atom stereocenters. The molecular weight excluding hydrogens is 268 g/mol. The van der Waals surface area contributed by atoms with E-state index in [0.29, 0.717) is 10.4 Å². The molecule has 5 heteroatoms. The van der Waals surface area contributed by atoms with E-state index in [0.717, 1.165) is 10.4 Å². The Morgan fingerprint density at radius 3 is 3.06 bits per heavy atom. The zero-order valence-corrected chi connectivity index (χ0v) is 11.3. The summed E-state index contributed by atoms with van der Waals surface area (Å²) in [5.74, 6) is 0. The third kappa shape index (κ3) is 1.87. The highest BCUT2D eigenvalue weighted by atomic mass is 35.5. The van der Waals surface area contributed by atoms with E-state index in [9.17, 15) is 4.79 Å². The van der Waals surface area contributed by atoms with Gasteiger partial charge >= 0.3 is 0 Å². The van der Waals surface area contributed by atoms with Gasteiger partial charge in [-0.1, -0.05) is 23.1 Å². The molecule has 2 aromatic rings. The Balaban J connectivity index is 2.21. The lowest BCUT2D eigenvalue weighted by Gasteiger charge is -2.14. The molecule has 0 saturated heterocycles. The van der Waals surface area contributed by atoms with Gasteiger partial charge in [0, 0.05) is 11.1 Å². The van der Waals surface area contributed by atoms with Crippen LogP contribution in [-0.2, 0) is 0 Å². The van der Waals surface area contributed by atoms with Gasteiger partial charge in [-0.25, -0.2) is 3.96 Å². The first-order chi connectivity index (χ1) is 8.65. The smallest absolute Gasteiger partial charge is 0.273 e. The van der Waals surface area contributed by atoms with Crippen LogP contribution < -0.4 is 10.9 Å². The summed E-state index contributed by atoms with van der Waals surface area (Å²) in [4.78, 5) is 12.3. The van der Waals surface area contributed by atoms with Crippen LogP contribution in [0.15, 0.2) is 41.3 Å². The molecule has 3 nitrogen and oxygen atoms in total. The number of aromatic nitrogens is 1. The normalized spacial score (nSPS) is 18.8. The number of rotatable bonds is 1. The van der Waals surface area contributed by atoms with Crippen LogP contribution in [0.1, 0.15) is 6.92 Å². The topological polar surface area (TPSA) is 34.0 Å². The van der Waals surface area contributed by atoms with Gasteiger partial charge in [0.05, 0.1) is 15.8 Å². The molecule has 2 heterocycles. The van der Waals surface area contributed by atoms with Crippen LogP contribution in [0.3, 0.4) is 0 Å². The number of halogens is 1. The molecule has 0 bridgehead atoms. The van der Waals surface area contributed by atoms with E-state index in [2.05, 4.69) is 5.32 Å². The van der Waals surface area contributed by atoms with Gasteiger partial charge in [-0.2, -0.15) is 0 Å². The number of hydrogen-bond acceptors (Lipinski definition) is 3. The van der Waals surface area contributed by atoms with Crippen molar-refractivity contribution in [2.24, 2.45) is 0 Å². The van der Waals surface area contributed by atoms with Crippen LogP contribution >= 0.6 is 23.1 Å². The lowest BCUT2D eigenvalue weighted by molar-refractivity contribution is 0.759. The average Bonchev–Trinajstić information content (AvgIpc) is 2.66. The lowest BCUT2D eigenvalue weighted by Crippen LogP contribution is -2.23. The van der Waals surface area contributed by atoms with E-state index in [1.54, 1.807) is 16.1 Å². The molecule has 1 N–H and O–H groups in total. The molecule has 3 rings (SSSR count). The first kappa shape index (κ1) is 11.6. The first-order valence-electron chi connectivity index (χ1n) is 5.61. The van der Waals surface area contributed by atoms with Crippen LogP contribution in [0, 0.1) is 0 Å². The summed E-state index contributed by atoms with van der Waals surface area (Å²) in [6, 6.07) is 5.58. The Kier molecular flexibility index (Phi) is 2.76. The van der Waals surface area contributed by atoms with Gasteiger partial charge in [-0.3, -0.25) is 4.79 Å². The molecule has 1 atom stereocenters. The van der Waals surface area contributed by atoms with Crippen molar-refractivity contribution in [1.29, 1.82) is 0 Å². The quantitative estimate of drug-likeness (QED) is 0.870. The highest BCUT2D eigenvalue weighted by Crippen LogP contribution is 2.24. The maximum atomic E-state index is 12.3. The molecule has 0 spiro atoms. The van der Waals surface area contributed by atoms with Crippen LogP contribution in [0.25, 0.3) is 15.8 Å². The molecule has 0 fully saturated rings. The zero-order chi connectivity index (χ0) is 12.7. The van der Waals surface area contributed by atoms with Crippen LogP contribution in [0.4, 0.5) is 0 Å². The van der Waals surface area contributed by atoms with Gasteiger partial charge in [0.15, 0.2) is 0 Å². The number of benzene rings is 1. The summed E-state index contributed by atoms with van der Waals surface area (Å²) >= 11 is 7.37. The number of nitrogens with one attached hydrogen (secondary N) is 1. The van der Waals surface area contributed by atoms with E-state index >= 15 is 0 Å². The SMILES string of the molecule is CC1C=C(n2sc3cc(Cl)ccc3c2=O)C=CN1. The molecule has 0 radical (unpaired) electrons. The van der Waals surface area contributed by atoms with Gasteiger partial charge in [-0.05, 0) is 43.5 Å². The average molecular weight is 279 g/mol. The number of fused-ring (bicyclic) bond motifs is 1. The number of allylic oxidation sites excluding steroid dienone is 2. The van der Waals surface area contributed by atoms with Gasteiger partial charge < -0.3 is 5.32 Å². The van der Waals surface area contributed by atoms with Gasteiger partial charge in [-0.15, -0.1) is 0 Å². The standard InChI is InChI=1S/C13H11ClN2OS/c1-8-6-10(4-5-15-8)16-13(17)11-3-2-9(14)7-12(11)18-16/h2-8,15H,1H3. The summed E-state index contributed by atoms with van der Waals surface area (Å²) in [5.41, 5.74) is 0.917. The van der Waals surface area contributed by atoms with Crippen molar-refractivity contribution in [3.63, 3.8) is 0 Å². The number of hydrogen-bond donors (Lipinski definition) is 1. The minimum Gasteiger partial charge on any atom is -0.385 e. The minimum atomic E-state index is 0.0108. The number of nitrogens with zero attached hydrogens (tertiary/aromatic N) is 1. The fourth-order valence-electron chi connectivity index (χ4n) is 1.95. The van der Waals surface area contributed by atoms with Crippen molar-refractivity contribution in [3.8, 4) is 0 Å². The molecule has 1 aromatic heterocycles. The van der Waals surface area contributed by atoms with Crippen molar-refractivity contribution in [1.82, 2.24) is 9.27 Å². The van der Waals surface area contributed by atoms with E-state index < -0.39 is 0 Å². The van der Waals surface area contributed by atoms with Gasteiger partial charge in [0.2, 0.25) is 0 Å². The molecule has 18 heavy (non-hydrogen) atoms. The van der Waals surface area contributed by atoms with Crippen molar-refractivity contribution >= 4 is 38.9 Å². The second-order valence-corrected chi connectivity index (χ2v) is 5.64. The van der Waals surface area contributed by atoms with E-state index in [1.807, 2.05) is 31.3 Å². The molecule has 0 saturated carbocycles. The third-order valence-electron chi connectivity index (χ3n) is 2.82. The third-order valence-corrected chi connectivity index (χ3v) is 4.15. The highest BCUT2D eigenvalue weighted by molar-refractivity contribution is 7.14. The van der Waals surface area contributed by atoms with Crippen LogP contribution in [0.5, 0.6) is 0 Å². The Morgan fingerprint density at radius 2 is 2.28 bits per heavy atom. The maximum absolute atomic E-state index is 12.3. The van der Waals surface area contributed by atoms with Crippen molar-refractivity contribution < 1.29 is 0 Å². The summed E-state index contributed by atoms with van der Waals surface area (Å²) in [6.45, 7) is 2.04. The fourth-order valence-corrected chi connectivity index (χ4v) is 3.22. The monoisotopic (exact) mass is 278 g/mol. The maximum Gasteiger partial charge on any atom is 0.273 e. The Hall–Kier alpha value is -1.52.